The highest BCUT2D eigenvalue weighted by Gasteiger charge is 2.14. The first-order valence-electron chi connectivity index (χ1n) is 4.92. The van der Waals surface area contributed by atoms with Gasteiger partial charge in [-0.05, 0) is 47.2 Å². The molecule has 1 saturated heterocycles. The second-order valence-corrected chi connectivity index (χ2v) is 4.68. The van der Waals surface area contributed by atoms with Crippen molar-refractivity contribution in [1.29, 1.82) is 0 Å². The fourth-order valence-corrected chi connectivity index (χ4v) is 2.14. The zero-order valence-electron chi connectivity index (χ0n) is 8.00. The summed E-state index contributed by atoms with van der Waals surface area (Å²) in [7, 11) is 0. The van der Waals surface area contributed by atoms with Crippen molar-refractivity contribution in [3.05, 3.63) is 33.4 Å². The van der Waals surface area contributed by atoms with Crippen molar-refractivity contribution < 1.29 is 4.74 Å². The first-order chi connectivity index (χ1) is 6.86. The largest absolute Gasteiger partial charge is 0.372 e. The lowest BCUT2D eigenvalue weighted by atomic mass is 10.2. The highest BCUT2D eigenvalue weighted by molar-refractivity contribution is 14.1. The molecule has 3 heteroatoms. The maximum atomic E-state index is 5.80. The third-order valence-corrected chi connectivity index (χ3v) is 3.50. The molecule has 2 nitrogen and oxygen atoms in total. The maximum absolute atomic E-state index is 5.80. The first kappa shape index (κ1) is 10.4. The van der Waals surface area contributed by atoms with Gasteiger partial charge in [0.25, 0.3) is 0 Å². The molecular formula is C11H14INO. The molecule has 0 radical (unpaired) electrons. The Hall–Kier alpha value is -0.130. The van der Waals surface area contributed by atoms with E-state index in [4.69, 9.17) is 4.74 Å². The van der Waals surface area contributed by atoms with Gasteiger partial charge in [-0.25, -0.2) is 0 Å². The molecule has 0 amide bonds. The summed E-state index contributed by atoms with van der Waals surface area (Å²) in [5.74, 6) is 0. The Bertz CT molecular complexity index is 297. The number of hydrogen-bond donors (Lipinski definition) is 1. The average Bonchev–Trinajstić information content (AvgIpc) is 2.69. The normalized spacial score (nSPS) is 21.4. The van der Waals surface area contributed by atoms with Crippen LogP contribution in [0.3, 0.4) is 0 Å². The van der Waals surface area contributed by atoms with Crippen molar-refractivity contribution in [2.75, 3.05) is 13.1 Å². The smallest absolute Gasteiger partial charge is 0.0731 e. The van der Waals surface area contributed by atoms with E-state index in [1.54, 1.807) is 0 Å². The minimum atomic E-state index is 0.408. The summed E-state index contributed by atoms with van der Waals surface area (Å²) in [4.78, 5) is 0. The van der Waals surface area contributed by atoms with Gasteiger partial charge in [-0.1, -0.05) is 18.2 Å². The molecule has 1 unspecified atom stereocenters. The van der Waals surface area contributed by atoms with E-state index in [1.807, 2.05) is 0 Å². The summed E-state index contributed by atoms with van der Waals surface area (Å²) in [6.07, 6.45) is 1.55. The predicted molar refractivity (Wildman–Crippen MR) is 65.2 cm³/mol. The Balaban J connectivity index is 1.88. The summed E-state index contributed by atoms with van der Waals surface area (Å²) < 4.78 is 7.09. The molecule has 0 saturated carbocycles. The topological polar surface area (TPSA) is 21.3 Å². The van der Waals surface area contributed by atoms with Crippen LogP contribution in [0.2, 0.25) is 0 Å². The fraction of sp³-hybridized carbons (Fsp3) is 0.455. The summed E-state index contributed by atoms with van der Waals surface area (Å²) >= 11 is 2.35. The van der Waals surface area contributed by atoms with Crippen LogP contribution in [0.25, 0.3) is 0 Å². The molecule has 2 rings (SSSR count). The molecule has 1 N–H and O–H groups in total. The SMILES string of the molecule is Ic1ccccc1COC1CCNC1. The van der Waals surface area contributed by atoms with Crippen molar-refractivity contribution in [2.24, 2.45) is 0 Å². The molecule has 1 fully saturated rings. The summed E-state index contributed by atoms with van der Waals surface area (Å²) in [6, 6.07) is 8.37. The lowest BCUT2D eigenvalue weighted by Gasteiger charge is -2.11. The van der Waals surface area contributed by atoms with Crippen LogP contribution in [0.1, 0.15) is 12.0 Å². The number of rotatable bonds is 3. The number of halogens is 1. The second kappa shape index (κ2) is 5.09. The Morgan fingerprint density at radius 3 is 3.00 bits per heavy atom. The standard InChI is InChI=1S/C11H14INO/c12-11-4-2-1-3-9(11)8-14-10-5-6-13-7-10/h1-4,10,13H,5-8H2. The Morgan fingerprint density at radius 2 is 2.29 bits per heavy atom. The van der Waals surface area contributed by atoms with E-state index in [0.29, 0.717) is 6.10 Å². The van der Waals surface area contributed by atoms with Crippen molar-refractivity contribution >= 4 is 22.6 Å². The third-order valence-electron chi connectivity index (χ3n) is 2.45. The van der Waals surface area contributed by atoms with E-state index in [2.05, 4.69) is 52.2 Å². The van der Waals surface area contributed by atoms with Crippen molar-refractivity contribution in [1.82, 2.24) is 5.32 Å². The molecule has 0 aromatic heterocycles. The Labute approximate surface area is 98.2 Å². The highest BCUT2D eigenvalue weighted by Crippen LogP contribution is 2.14. The van der Waals surface area contributed by atoms with E-state index in [1.165, 1.54) is 9.13 Å². The molecule has 14 heavy (non-hydrogen) atoms. The third kappa shape index (κ3) is 2.68. The number of hydrogen-bond acceptors (Lipinski definition) is 2. The van der Waals surface area contributed by atoms with Gasteiger partial charge >= 0.3 is 0 Å². The zero-order valence-corrected chi connectivity index (χ0v) is 10.2. The van der Waals surface area contributed by atoms with E-state index in [-0.39, 0.29) is 0 Å². The molecule has 0 aliphatic carbocycles. The van der Waals surface area contributed by atoms with Gasteiger partial charge in [0.05, 0.1) is 12.7 Å². The number of benzene rings is 1. The van der Waals surface area contributed by atoms with Gasteiger partial charge in [0.2, 0.25) is 0 Å². The van der Waals surface area contributed by atoms with E-state index < -0.39 is 0 Å². The van der Waals surface area contributed by atoms with Crippen LogP contribution in [-0.4, -0.2) is 19.2 Å². The van der Waals surface area contributed by atoms with Crippen molar-refractivity contribution in [3.8, 4) is 0 Å². The van der Waals surface area contributed by atoms with Crippen LogP contribution in [0.5, 0.6) is 0 Å². The molecule has 1 atom stereocenters. The van der Waals surface area contributed by atoms with E-state index in [0.717, 1.165) is 26.1 Å². The van der Waals surface area contributed by atoms with Crippen LogP contribution in [0, 0.1) is 3.57 Å². The highest BCUT2D eigenvalue weighted by atomic mass is 127. The molecule has 1 heterocycles. The molecule has 0 bridgehead atoms. The first-order valence-corrected chi connectivity index (χ1v) is 6.00. The molecule has 1 aromatic carbocycles. The average molecular weight is 303 g/mol. The zero-order chi connectivity index (χ0) is 9.80. The predicted octanol–water partition coefficient (Wildman–Crippen LogP) is 2.17. The monoisotopic (exact) mass is 303 g/mol. The Morgan fingerprint density at radius 1 is 1.43 bits per heavy atom. The quantitative estimate of drug-likeness (QED) is 0.864. The Kier molecular flexibility index (Phi) is 3.78. The van der Waals surface area contributed by atoms with Crippen LogP contribution >= 0.6 is 22.6 Å². The van der Waals surface area contributed by atoms with E-state index >= 15 is 0 Å². The van der Waals surface area contributed by atoms with Gasteiger partial charge in [0, 0.05) is 10.1 Å². The van der Waals surface area contributed by atoms with Crippen LogP contribution in [0.4, 0.5) is 0 Å². The summed E-state index contributed by atoms with van der Waals surface area (Å²) in [5.41, 5.74) is 1.29. The summed E-state index contributed by atoms with van der Waals surface area (Å²) in [5, 5.41) is 3.30. The molecule has 1 aliphatic heterocycles. The molecule has 1 aliphatic rings. The van der Waals surface area contributed by atoms with Crippen molar-refractivity contribution in [2.45, 2.75) is 19.1 Å². The summed E-state index contributed by atoms with van der Waals surface area (Å²) in [6.45, 7) is 2.84. The van der Waals surface area contributed by atoms with Crippen molar-refractivity contribution in [3.63, 3.8) is 0 Å². The molecule has 76 valence electrons. The molecule has 1 aromatic rings. The van der Waals surface area contributed by atoms with Crippen LogP contribution in [0.15, 0.2) is 24.3 Å². The van der Waals surface area contributed by atoms with Crippen LogP contribution < -0.4 is 5.32 Å². The van der Waals surface area contributed by atoms with Gasteiger partial charge in [-0.15, -0.1) is 0 Å². The van der Waals surface area contributed by atoms with E-state index in [9.17, 15) is 0 Å². The van der Waals surface area contributed by atoms with Gasteiger partial charge < -0.3 is 10.1 Å². The molecular weight excluding hydrogens is 289 g/mol. The van der Waals surface area contributed by atoms with Gasteiger partial charge in [-0.2, -0.15) is 0 Å². The second-order valence-electron chi connectivity index (χ2n) is 3.52. The molecule has 0 spiro atoms. The van der Waals surface area contributed by atoms with Gasteiger partial charge in [0.1, 0.15) is 0 Å². The lowest BCUT2D eigenvalue weighted by molar-refractivity contribution is 0.0538. The lowest BCUT2D eigenvalue weighted by Crippen LogP contribution is -2.16. The number of ether oxygens (including phenoxy) is 1. The minimum absolute atomic E-state index is 0.408. The van der Waals surface area contributed by atoms with Crippen LogP contribution in [-0.2, 0) is 11.3 Å². The maximum Gasteiger partial charge on any atom is 0.0731 e. The fourth-order valence-electron chi connectivity index (χ4n) is 1.59. The number of nitrogens with one attached hydrogen (secondary N) is 1. The minimum Gasteiger partial charge on any atom is -0.372 e. The van der Waals surface area contributed by atoms with Gasteiger partial charge in [0.15, 0.2) is 0 Å². The van der Waals surface area contributed by atoms with Gasteiger partial charge in [-0.3, -0.25) is 0 Å².